The maximum Gasteiger partial charge on any atom is 0.251 e. The van der Waals surface area contributed by atoms with E-state index in [1.165, 1.54) is 0 Å². The van der Waals surface area contributed by atoms with Gasteiger partial charge in [0.05, 0.1) is 18.4 Å². The van der Waals surface area contributed by atoms with Crippen molar-refractivity contribution in [3.8, 4) is 11.1 Å². The molecule has 1 fully saturated rings. The Labute approximate surface area is 179 Å². The van der Waals surface area contributed by atoms with Crippen molar-refractivity contribution in [2.45, 2.75) is 6.54 Å². The van der Waals surface area contributed by atoms with Gasteiger partial charge in [0.25, 0.3) is 5.56 Å². The quantitative estimate of drug-likeness (QED) is 0.531. The molecule has 5 rings (SSSR count). The first-order chi connectivity index (χ1) is 14.7. The van der Waals surface area contributed by atoms with Gasteiger partial charge in [-0.05, 0) is 35.4 Å². The van der Waals surface area contributed by atoms with Crippen molar-refractivity contribution in [3.05, 3.63) is 82.0 Å². The molecule has 4 heterocycles. The van der Waals surface area contributed by atoms with Gasteiger partial charge in [-0.2, -0.15) is 0 Å². The van der Waals surface area contributed by atoms with Gasteiger partial charge in [0, 0.05) is 60.6 Å². The first-order valence-electron chi connectivity index (χ1n) is 10.1. The van der Waals surface area contributed by atoms with Crippen LogP contribution in [0.25, 0.3) is 22.2 Å². The number of pyridine rings is 2. The Morgan fingerprint density at radius 2 is 1.97 bits per heavy atom. The molecule has 0 radical (unpaired) electrons. The Morgan fingerprint density at radius 1 is 1.10 bits per heavy atom. The van der Waals surface area contributed by atoms with E-state index < -0.39 is 0 Å². The van der Waals surface area contributed by atoms with Crippen LogP contribution in [-0.4, -0.2) is 40.7 Å². The van der Waals surface area contributed by atoms with E-state index in [1.54, 1.807) is 10.6 Å². The van der Waals surface area contributed by atoms with Crippen LogP contribution in [0.5, 0.6) is 0 Å². The second-order valence-corrected chi connectivity index (χ2v) is 7.98. The van der Waals surface area contributed by atoms with Crippen molar-refractivity contribution in [3.63, 3.8) is 0 Å². The van der Waals surface area contributed by atoms with Gasteiger partial charge in [-0.15, -0.1) is 0 Å². The average molecular weight is 420 g/mol. The van der Waals surface area contributed by atoms with Crippen LogP contribution in [0.3, 0.4) is 0 Å². The van der Waals surface area contributed by atoms with Crippen LogP contribution in [0, 0.1) is 0 Å². The number of halogens is 1. The van der Waals surface area contributed by atoms with Crippen molar-refractivity contribution in [2.75, 3.05) is 31.1 Å². The highest BCUT2D eigenvalue weighted by molar-refractivity contribution is 6.30. The Kier molecular flexibility index (Phi) is 5.02. The van der Waals surface area contributed by atoms with Crippen LogP contribution >= 0.6 is 11.6 Å². The van der Waals surface area contributed by atoms with Gasteiger partial charge in [-0.25, -0.2) is 4.98 Å². The lowest BCUT2D eigenvalue weighted by Gasteiger charge is -2.29. The highest BCUT2D eigenvalue weighted by Gasteiger charge is 2.14. The summed E-state index contributed by atoms with van der Waals surface area (Å²) in [5.74, 6) is 0. The summed E-state index contributed by atoms with van der Waals surface area (Å²) in [7, 11) is 0. The maximum atomic E-state index is 12.8. The second-order valence-electron chi connectivity index (χ2n) is 7.54. The summed E-state index contributed by atoms with van der Waals surface area (Å²) in [6.45, 7) is 4.37. The molecule has 0 saturated carbocycles. The second kappa shape index (κ2) is 7.97. The molecule has 2 N–H and O–H groups in total. The third-order valence-corrected chi connectivity index (χ3v) is 5.78. The summed E-state index contributed by atoms with van der Waals surface area (Å²) in [5, 5.41) is 5.07. The van der Waals surface area contributed by atoms with Gasteiger partial charge in [0.2, 0.25) is 0 Å². The fourth-order valence-corrected chi connectivity index (χ4v) is 4.18. The fourth-order valence-electron chi connectivity index (χ4n) is 3.97. The molecular weight excluding hydrogens is 398 g/mol. The molecule has 6 nitrogen and oxygen atoms in total. The number of nitrogens with zero attached hydrogens (tertiary/aromatic N) is 3. The first-order valence-corrected chi connectivity index (χ1v) is 10.4. The summed E-state index contributed by atoms with van der Waals surface area (Å²) in [6.07, 6.45) is 5.68. The zero-order valence-corrected chi connectivity index (χ0v) is 17.2. The molecule has 0 spiro atoms. The molecule has 4 aromatic rings. The van der Waals surface area contributed by atoms with E-state index in [4.69, 9.17) is 11.6 Å². The van der Waals surface area contributed by atoms with E-state index in [9.17, 15) is 4.79 Å². The smallest absolute Gasteiger partial charge is 0.251 e. The fraction of sp³-hybridized carbons (Fsp3) is 0.217. The average Bonchev–Trinajstić information content (AvgIpc) is 3.19. The lowest BCUT2D eigenvalue weighted by atomic mass is 10.1. The molecule has 0 amide bonds. The number of aromatic nitrogens is 3. The summed E-state index contributed by atoms with van der Waals surface area (Å²) in [6, 6.07) is 13.4. The molecule has 3 aromatic heterocycles. The van der Waals surface area contributed by atoms with Crippen LogP contribution in [0.1, 0.15) is 5.56 Å². The predicted molar refractivity (Wildman–Crippen MR) is 121 cm³/mol. The summed E-state index contributed by atoms with van der Waals surface area (Å²) in [4.78, 5) is 22.9. The van der Waals surface area contributed by atoms with Crippen LogP contribution in [0.4, 0.5) is 5.69 Å². The first kappa shape index (κ1) is 18.9. The zero-order chi connectivity index (χ0) is 20.5. The molecular formula is C23H22ClN5O. The van der Waals surface area contributed by atoms with Crippen molar-refractivity contribution < 1.29 is 0 Å². The van der Waals surface area contributed by atoms with Crippen LogP contribution in [0.2, 0.25) is 5.02 Å². The van der Waals surface area contributed by atoms with E-state index >= 15 is 0 Å². The van der Waals surface area contributed by atoms with Crippen molar-refractivity contribution in [1.29, 1.82) is 0 Å². The lowest BCUT2D eigenvalue weighted by Crippen LogP contribution is -2.43. The number of nitrogens with one attached hydrogen (secondary N) is 2. The molecule has 1 aliphatic rings. The molecule has 0 unspecified atom stereocenters. The SMILES string of the molecule is O=c1cc(-c2c[nH]c3ncc(N4CCNCC4)cc23)ccn1Cc1cccc(Cl)c1. The topological polar surface area (TPSA) is 66.0 Å². The standard InChI is InChI=1S/C23H22ClN5O/c24-18-3-1-2-16(10-18)15-29-7-4-17(11-22(29)30)21-14-27-23-20(21)12-19(13-26-23)28-8-5-25-6-9-28/h1-4,7,10-14,25H,5-6,8-9,15H2,(H,26,27). The molecule has 0 aliphatic carbocycles. The number of H-pyrrole nitrogens is 1. The Hall–Kier alpha value is -3.09. The highest BCUT2D eigenvalue weighted by atomic mass is 35.5. The third kappa shape index (κ3) is 3.72. The van der Waals surface area contributed by atoms with E-state index in [0.29, 0.717) is 11.6 Å². The number of piperazine rings is 1. The summed E-state index contributed by atoms with van der Waals surface area (Å²) in [5.41, 5.74) is 4.75. The van der Waals surface area contributed by atoms with Gasteiger partial charge in [-0.1, -0.05) is 23.7 Å². The molecule has 30 heavy (non-hydrogen) atoms. The lowest BCUT2D eigenvalue weighted by molar-refractivity contribution is 0.589. The number of hydrogen-bond acceptors (Lipinski definition) is 4. The molecule has 1 aromatic carbocycles. The zero-order valence-electron chi connectivity index (χ0n) is 16.4. The van der Waals surface area contributed by atoms with Gasteiger partial charge < -0.3 is 19.8 Å². The molecule has 1 aliphatic heterocycles. The van der Waals surface area contributed by atoms with Crippen LogP contribution < -0.4 is 15.8 Å². The molecule has 7 heteroatoms. The normalized spacial score (nSPS) is 14.4. The van der Waals surface area contributed by atoms with Crippen molar-refractivity contribution >= 4 is 28.3 Å². The number of fused-ring (bicyclic) bond motifs is 1. The van der Waals surface area contributed by atoms with Crippen LogP contribution in [-0.2, 0) is 6.54 Å². The number of aromatic amines is 1. The number of hydrogen-bond donors (Lipinski definition) is 2. The van der Waals surface area contributed by atoms with E-state index in [1.807, 2.05) is 48.9 Å². The van der Waals surface area contributed by atoms with Crippen molar-refractivity contribution in [2.24, 2.45) is 0 Å². The largest absolute Gasteiger partial charge is 0.368 e. The Morgan fingerprint density at radius 3 is 2.77 bits per heavy atom. The minimum atomic E-state index is -0.0481. The van der Waals surface area contributed by atoms with Crippen LogP contribution in [0.15, 0.2) is 65.8 Å². The van der Waals surface area contributed by atoms with Crippen molar-refractivity contribution in [1.82, 2.24) is 19.9 Å². The Bertz CT molecular complexity index is 1260. The highest BCUT2D eigenvalue weighted by Crippen LogP contribution is 2.30. The summed E-state index contributed by atoms with van der Waals surface area (Å²) < 4.78 is 1.69. The molecule has 0 atom stereocenters. The van der Waals surface area contributed by atoms with E-state index in [2.05, 4.69) is 26.3 Å². The molecule has 0 bridgehead atoms. The predicted octanol–water partition coefficient (Wildman–Crippen LogP) is 3.50. The minimum absolute atomic E-state index is 0.0481. The number of anilines is 1. The minimum Gasteiger partial charge on any atom is -0.368 e. The molecule has 152 valence electrons. The van der Waals surface area contributed by atoms with Gasteiger partial charge in [0.15, 0.2) is 0 Å². The van der Waals surface area contributed by atoms with E-state index in [-0.39, 0.29) is 5.56 Å². The van der Waals surface area contributed by atoms with Gasteiger partial charge in [-0.3, -0.25) is 4.79 Å². The molecule has 1 saturated heterocycles. The summed E-state index contributed by atoms with van der Waals surface area (Å²) >= 11 is 6.06. The monoisotopic (exact) mass is 419 g/mol. The number of benzene rings is 1. The van der Waals surface area contributed by atoms with Gasteiger partial charge >= 0.3 is 0 Å². The third-order valence-electron chi connectivity index (χ3n) is 5.55. The Balaban J connectivity index is 1.47. The van der Waals surface area contributed by atoms with Gasteiger partial charge in [0.1, 0.15) is 5.65 Å². The van der Waals surface area contributed by atoms with E-state index in [0.717, 1.165) is 59.6 Å². The maximum absolute atomic E-state index is 12.8. The number of rotatable bonds is 4.